The molecule has 186 valence electrons. The van der Waals surface area contributed by atoms with Crippen molar-refractivity contribution in [2.45, 2.75) is 52.5 Å². The number of amides is 1. The summed E-state index contributed by atoms with van der Waals surface area (Å²) >= 11 is 12.2. The summed E-state index contributed by atoms with van der Waals surface area (Å²) < 4.78 is 5.16. The van der Waals surface area contributed by atoms with E-state index in [0.717, 1.165) is 17.7 Å². The number of Topliss-reactive ketones (excluding diaryl/α,β-unsaturated/α-hetero) is 1. The number of pyridine rings is 1. The number of nitrogens with one attached hydrogen (secondary N) is 1. The molecule has 0 saturated heterocycles. The third kappa shape index (κ3) is 7.12. The molecule has 1 aromatic heterocycles. The van der Waals surface area contributed by atoms with Gasteiger partial charge in [0, 0.05) is 30.2 Å². The molecule has 0 bridgehead atoms. The average molecular weight is 518 g/mol. The molecule has 7 nitrogen and oxygen atoms in total. The summed E-state index contributed by atoms with van der Waals surface area (Å²) in [5.74, 6) is -0.446. The van der Waals surface area contributed by atoms with Gasteiger partial charge in [-0.2, -0.15) is 0 Å². The first kappa shape index (κ1) is 26.8. The van der Waals surface area contributed by atoms with Crippen LogP contribution in [0.5, 0.6) is 0 Å². The highest BCUT2D eigenvalue weighted by atomic mass is 35.5. The van der Waals surface area contributed by atoms with Gasteiger partial charge in [0.25, 0.3) is 5.91 Å². The van der Waals surface area contributed by atoms with Gasteiger partial charge in [-0.05, 0) is 43.4 Å². The molecular weight excluding hydrogens is 489 g/mol. The van der Waals surface area contributed by atoms with Crippen LogP contribution in [-0.2, 0) is 14.3 Å². The molecule has 0 radical (unpaired) electrons. The lowest BCUT2D eigenvalue weighted by atomic mass is 9.93. The van der Waals surface area contributed by atoms with Crippen molar-refractivity contribution in [2.24, 2.45) is 16.8 Å². The Morgan fingerprint density at radius 3 is 2.40 bits per heavy atom. The van der Waals surface area contributed by atoms with E-state index in [1.54, 1.807) is 31.2 Å². The van der Waals surface area contributed by atoms with Crippen molar-refractivity contribution >= 4 is 52.3 Å². The van der Waals surface area contributed by atoms with E-state index in [0.29, 0.717) is 24.4 Å². The number of hydrogen-bond acceptors (Lipinski definition) is 6. The van der Waals surface area contributed by atoms with Gasteiger partial charge in [0.2, 0.25) is 0 Å². The molecule has 1 fully saturated rings. The number of ketones is 1. The molecule has 2 atom stereocenters. The van der Waals surface area contributed by atoms with Crippen LogP contribution in [0.15, 0.2) is 41.7 Å². The lowest BCUT2D eigenvalue weighted by Gasteiger charge is -2.18. The molecule has 1 aliphatic rings. The van der Waals surface area contributed by atoms with E-state index in [2.05, 4.69) is 24.1 Å². The minimum Gasteiger partial charge on any atom is -0.466 e. The minimum absolute atomic E-state index is 0.0634. The highest BCUT2D eigenvalue weighted by Crippen LogP contribution is 2.31. The Morgan fingerprint density at radius 1 is 1.14 bits per heavy atom. The highest BCUT2D eigenvalue weighted by molar-refractivity contribution is 6.40. The van der Waals surface area contributed by atoms with E-state index in [1.165, 1.54) is 12.4 Å². The quantitative estimate of drug-likeness (QED) is 0.405. The summed E-state index contributed by atoms with van der Waals surface area (Å²) in [4.78, 5) is 46.1. The van der Waals surface area contributed by atoms with E-state index >= 15 is 0 Å². The standard InChI is InChI=1S/C26H29Cl2N3O4/c1-4-35-24(33)12-22(31-21-9-10-23(32)18(21)11-15(2)3)16-5-7-17(8-6-16)30-26(34)25-19(27)13-29-14-20(25)28/h5-8,13-15,18,22H,4,9-12H2,1-3H3,(H,30,34). The molecule has 0 spiro atoms. The van der Waals surface area contributed by atoms with Crippen molar-refractivity contribution in [1.29, 1.82) is 0 Å². The second-order valence-electron chi connectivity index (χ2n) is 8.85. The SMILES string of the molecule is CCOC(=O)CC(N=C1CCC(=O)C1CC(C)C)c1ccc(NC(=O)c2c(Cl)cncc2Cl)cc1. The molecule has 1 N–H and O–H groups in total. The van der Waals surface area contributed by atoms with Crippen molar-refractivity contribution in [3.05, 3.63) is 57.8 Å². The molecular formula is C26H29Cl2N3O4. The van der Waals surface area contributed by atoms with Crippen LogP contribution in [0.4, 0.5) is 5.69 Å². The zero-order chi connectivity index (χ0) is 25.5. The maximum Gasteiger partial charge on any atom is 0.308 e. The van der Waals surface area contributed by atoms with Crippen molar-refractivity contribution in [3.8, 4) is 0 Å². The molecule has 9 heteroatoms. The van der Waals surface area contributed by atoms with Gasteiger partial charge in [-0.3, -0.25) is 24.4 Å². The Balaban J connectivity index is 1.84. The lowest BCUT2D eigenvalue weighted by molar-refractivity contribution is -0.143. The predicted octanol–water partition coefficient (Wildman–Crippen LogP) is 6.10. The van der Waals surface area contributed by atoms with Crippen molar-refractivity contribution in [1.82, 2.24) is 4.98 Å². The number of anilines is 1. The first-order valence-corrected chi connectivity index (χ1v) is 12.4. The van der Waals surface area contributed by atoms with Gasteiger partial charge in [0.1, 0.15) is 5.78 Å². The van der Waals surface area contributed by atoms with Crippen LogP contribution in [0.2, 0.25) is 10.0 Å². The zero-order valence-corrected chi connectivity index (χ0v) is 21.5. The smallest absolute Gasteiger partial charge is 0.308 e. The first-order valence-electron chi connectivity index (χ1n) is 11.6. The predicted molar refractivity (Wildman–Crippen MR) is 137 cm³/mol. The summed E-state index contributed by atoms with van der Waals surface area (Å²) in [5.41, 5.74) is 2.29. The monoisotopic (exact) mass is 517 g/mol. The van der Waals surface area contributed by atoms with Crippen LogP contribution in [0.1, 0.15) is 68.4 Å². The third-order valence-electron chi connectivity index (χ3n) is 5.75. The van der Waals surface area contributed by atoms with Crippen LogP contribution >= 0.6 is 23.2 Å². The van der Waals surface area contributed by atoms with E-state index in [9.17, 15) is 14.4 Å². The van der Waals surface area contributed by atoms with E-state index in [4.69, 9.17) is 32.9 Å². The van der Waals surface area contributed by atoms with Crippen molar-refractivity contribution < 1.29 is 19.1 Å². The fourth-order valence-corrected chi connectivity index (χ4v) is 4.64. The maximum atomic E-state index is 12.7. The number of benzene rings is 1. The second-order valence-corrected chi connectivity index (χ2v) is 9.66. The second kappa shape index (κ2) is 12.3. The van der Waals surface area contributed by atoms with Crippen LogP contribution in [0, 0.1) is 11.8 Å². The summed E-state index contributed by atoms with van der Waals surface area (Å²) in [6.45, 7) is 6.20. The number of nitrogens with zero attached hydrogens (tertiary/aromatic N) is 2. The molecule has 2 unspecified atom stereocenters. The van der Waals surface area contributed by atoms with Crippen LogP contribution in [0.25, 0.3) is 0 Å². The highest BCUT2D eigenvalue weighted by Gasteiger charge is 2.32. The normalized spacial score (nSPS) is 17.6. The summed E-state index contributed by atoms with van der Waals surface area (Å²) in [5, 5.41) is 3.07. The zero-order valence-electron chi connectivity index (χ0n) is 20.0. The molecule has 1 aliphatic carbocycles. The van der Waals surface area contributed by atoms with Gasteiger partial charge in [0.05, 0.1) is 40.6 Å². The fraction of sp³-hybridized carbons (Fsp3) is 0.423. The molecule has 2 aromatic rings. The number of hydrogen-bond donors (Lipinski definition) is 1. The van der Waals surface area contributed by atoms with E-state index in [-0.39, 0.29) is 46.3 Å². The number of rotatable bonds is 9. The molecule has 1 amide bonds. The first-order chi connectivity index (χ1) is 16.7. The van der Waals surface area contributed by atoms with E-state index in [1.807, 2.05) is 0 Å². The topological polar surface area (TPSA) is 97.7 Å². The third-order valence-corrected chi connectivity index (χ3v) is 6.32. The summed E-state index contributed by atoms with van der Waals surface area (Å²) in [6, 6.07) is 6.56. The van der Waals surface area contributed by atoms with Crippen molar-refractivity contribution in [3.63, 3.8) is 0 Å². The Morgan fingerprint density at radius 2 is 1.80 bits per heavy atom. The number of halogens is 2. The number of esters is 1. The van der Waals surface area contributed by atoms with E-state index < -0.39 is 11.9 Å². The average Bonchev–Trinajstić information content (AvgIpc) is 3.12. The molecule has 3 rings (SSSR count). The van der Waals surface area contributed by atoms with Gasteiger partial charge in [-0.1, -0.05) is 49.2 Å². The number of carbonyl (C=O) groups excluding carboxylic acids is 3. The molecule has 0 aliphatic heterocycles. The maximum absolute atomic E-state index is 12.7. The number of ether oxygens (including phenoxy) is 1. The molecule has 1 aromatic carbocycles. The molecule has 35 heavy (non-hydrogen) atoms. The van der Waals surface area contributed by atoms with Gasteiger partial charge < -0.3 is 10.1 Å². The van der Waals surface area contributed by atoms with Gasteiger partial charge in [-0.25, -0.2) is 0 Å². The van der Waals surface area contributed by atoms with Crippen molar-refractivity contribution in [2.75, 3.05) is 11.9 Å². The Kier molecular flexibility index (Phi) is 9.40. The number of aromatic nitrogens is 1. The van der Waals surface area contributed by atoms with Crippen LogP contribution < -0.4 is 5.32 Å². The fourth-order valence-electron chi connectivity index (χ4n) is 4.11. The Bertz CT molecular complexity index is 1100. The molecule has 1 saturated carbocycles. The Hall–Kier alpha value is -2.77. The largest absolute Gasteiger partial charge is 0.466 e. The number of carbonyl (C=O) groups is 3. The van der Waals surface area contributed by atoms with Crippen LogP contribution in [-0.4, -0.2) is 35.0 Å². The minimum atomic E-state index is -0.488. The van der Waals surface area contributed by atoms with Gasteiger partial charge in [0.15, 0.2) is 0 Å². The summed E-state index contributed by atoms with van der Waals surface area (Å²) in [6.07, 6.45) is 4.60. The van der Waals surface area contributed by atoms with Gasteiger partial charge >= 0.3 is 5.97 Å². The van der Waals surface area contributed by atoms with Crippen LogP contribution in [0.3, 0.4) is 0 Å². The molecule has 1 heterocycles. The Labute approximate surface area is 215 Å². The summed E-state index contributed by atoms with van der Waals surface area (Å²) in [7, 11) is 0. The van der Waals surface area contributed by atoms with Gasteiger partial charge in [-0.15, -0.1) is 0 Å². The number of aliphatic imine (C=N–C) groups is 1. The lowest BCUT2D eigenvalue weighted by Crippen LogP contribution is -2.19.